The highest BCUT2D eigenvalue weighted by molar-refractivity contribution is 5.48. The van der Waals surface area contributed by atoms with Crippen molar-refractivity contribution in [2.24, 2.45) is 5.41 Å². The first-order chi connectivity index (χ1) is 12.7. The summed E-state index contributed by atoms with van der Waals surface area (Å²) in [7, 11) is 0. The van der Waals surface area contributed by atoms with Gasteiger partial charge >= 0.3 is 0 Å². The van der Waals surface area contributed by atoms with E-state index in [4.69, 9.17) is 15.3 Å². The molecule has 0 amide bonds. The molecule has 0 unspecified atom stereocenters. The fourth-order valence-corrected chi connectivity index (χ4v) is 2.73. The fraction of sp³-hybridized carbons (Fsp3) is 0.955. The Labute approximate surface area is 162 Å². The quantitative estimate of drug-likeness (QED) is 0.232. The van der Waals surface area contributed by atoms with Crippen molar-refractivity contribution in [3.05, 3.63) is 0 Å². The van der Waals surface area contributed by atoms with Crippen molar-refractivity contribution in [1.29, 1.82) is 0 Å². The van der Waals surface area contributed by atoms with E-state index in [1.165, 1.54) is 77.0 Å². The lowest BCUT2D eigenvalue weighted by molar-refractivity contribution is -0.107. The monoisotopic (exact) mass is 374 g/mol. The summed E-state index contributed by atoms with van der Waals surface area (Å²) in [6, 6.07) is 0. The molecule has 0 aromatic carbocycles. The molecule has 0 aromatic rings. The lowest BCUT2D eigenvalue weighted by Gasteiger charge is -2.24. The molecule has 0 aliphatic heterocycles. The van der Waals surface area contributed by atoms with Crippen LogP contribution in [0.1, 0.15) is 110 Å². The van der Waals surface area contributed by atoms with Gasteiger partial charge in [-0.1, -0.05) is 90.9 Å². The fourth-order valence-electron chi connectivity index (χ4n) is 2.73. The van der Waals surface area contributed by atoms with Gasteiger partial charge in [-0.3, -0.25) is 0 Å². The SMILES string of the molecule is CCC(CO)(CO)CO.CCCCCCCCCCCCCCCC=O. The second-order valence-electron chi connectivity index (χ2n) is 7.53. The predicted molar refractivity (Wildman–Crippen MR) is 110 cm³/mol. The second-order valence-corrected chi connectivity index (χ2v) is 7.53. The van der Waals surface area contributed by atoms with Crippen LogP contribution in [0.2, 0.25) is 0 Å². The zero-order valence-electron chi connectivity index (χ0n) is 17.6. The Morgan fingerprint density at radius 2 is 0.962 bits per heavy atom. The van der Waals surface area contributed by atoms with Crippen LogP contribution in [0.3, 0.4) is 0 Å². The smallest absolute Gasteiger partial charge is 0.119 e. The topological polar surface area (TPSA) is 77.8 Å². The summed E-state index contributed by atoms with van der Waals surface area (Å²) in [5.74, 6) is 0. The summed E-state index contributed by atoms with van der Waals surface area (Å²) in [6.07, 6.45) is 20.2. The maximum Gasteiger partial charge on any atom is 0.119 e. The standard InChI is InChI=1S/C16H32O.C6H14O3/c1-2-3-4-5-6-7-8-9-10-11-12-13-14-15-16-17;1-2-6(3-7,4-8)5-9/h16H,2-15H2,1H3;7-9H,2-5H2,1H3. The van der Waals surface area contributed by atoms with Crippen molar-refractivity contribution in [1.82, 2.24) is 0 Å². The maximum absolute atomic E-state index is 10.1. The number of hydrogen-bond acceptors (Lipinski definition) is 4. The number of aliphatic hydroxyl groups excluding tert-OH is 3. The summed E-state index contributed by atoms with van der Waals surface area (Å²) in [5.41, 5.74) is -0.667. The molecule has 0 radical (unpaired) electrons. The first-order valence-electron chi connectivity index (χ1n) is 10.9. The number of carbonyl (C=O) groups is 1. The van der Waals surface area contributed by atoms with Gasteiger partial charge in [0.05, 0.1) is 19.8 Å². The van der Waals surface area contributed by atoms with Crippen molar-refractivity contribution >= 4 is 6.29 Å². The Hall–Kier alpha value is -0.450. The molecule has 0 aromatic heterocycles. The Bertz CT molecular complexity index is 247. The summed E-state index contributed by atoms with van der Waals surface area (Å²) < 4.78 is 0. The average molecular weight is 375 g/mol. The lowest BCUT2D eigenvalue weighted by atomic mass is 9.88. The second kappa shape index (κ2) is 22.6. The number of aliphatic hydroxyl groups is 3. The minimum atomic E-state index is -0.667. The Morgan fingerprint density at radius 3 is 1.19 bits per heavy atom. The van der Waals surface area contributed by atoms with E-state index in [2.05, 4.69) is 6.92 Å². The molecule has 158 valence electrons. The van der Waals surface area contributed by atoms with Crippen LogP contribution in [0.15, 0.2) is 0 Å². The van der Waals surface area contributed by atoms with Gasteiger partial charge in [0, 0.05) is 11.8 Å². The van der Waals surface area contributed by atoms with Crippen LogP contribution in [0.25, 0.3) is 0 Å². The van der Waals surface area contributed by atoms with Crippen molar-refractivity contribution < 1.29 is 20.1 Å². The molecule has 0 heterocycles. The van der Waals surface area contributed by atoms with Crippen LogP contribution in [-0.4, -0.2) is 41.4 Å². The van der Waals surface area contributed by atoms with Crippen molar-refractivity contribution in [2.45, 2.75) is 110 Å². The minimum Gasteiger partial charge on any atom is -0.396 e. The van der Waals surface area contributed by atoms with Gasteiger partial charge in [-0.2, -0.15) is 0 Å². The average Bonchev–Trinajstić information content (AvgIpc) is 2.68. The van der Waals surface area contributed by atoms with Crippen LogP contribution in [-0.2, 0) is 4.79 Å². The molecule has 0 rings (SSSR count). The molecular formula is C22H46O4. The van der Waals surface area contributed by atoms with Crippen LogP contribution in [0.5, 0.6) is 0 Å². The van der Waals surface area contributed by atoms with E-state index in [-0.39, 0.29) is 19.8 Å². The number of rotatable bonds is 18. The van der Waals surface area contributed by atoms with Crippen molar-refractivity contribution in [3.8, 4) is 0 Å². The molecule has 0 aliphatic carbocycles. The largest absolute Gasteiger partial charge is 0.396 e. The van der Waals surface area contributed by atoms with Gasteiger partial charge in [0.2, 0.25) is 0 Å². The first-order valence-corrected chi connectivity index (χ1v) is 10.9. The summed E-state index contributed by atoms with van der Waals surface area (Å²) in [5, 5.41) is 26.0. The van der Waals surface area contributed by atoms with Crippen molar-refractivity contribution in [2.75, 3.05) is 19.8 Å². The summed E-state index contributed by atoms with van der Waals surface area (Å²) in [6.45, 7) is 3.63. The van der Waals surface area contributed by atoms with E-state index >= 15 is 0 Å². The molecule has 0 spiro atoms. The van der Waals surface area contributed by atoms with Crippen LogP contribution in [0, 0.1) is 5.41 Å². The van der Waals surface area contributed by atoms with E-state index < -0.39 is 5.41 Å². The Balaban J connectivity index is 0. The number of hydrogen-bond donors (Lipinski definition) is 3. The van der Waals surface area contributed by atoms with Gasteiger partial charge in [0.25, 0.3) is 0 Å². The maximum atomic E-state index is 10.1. The number of aldehydes is 1. The van der Waals surface area contributed by atoms with Gasteiger partial charge in [-0.25, -0.2) is 0 Å². The van der Waals surface area contributed by atoms with E-state index in [1.807, 2.05) is 6.92 Å². The van der Waals surface area contributed by atoms with Crippen molar-refractivity contribution in [3.63, 3.8) is 0 Å². The minimum absolute atomic E-state index is 0.156. The molecular weight excluding hydrogens is 328 g/mol. The normalized spacial score (nSPS) is 11.1. The zero-order chi connectivity index (χ0) is 19.9. The lowest BCUT2D eigenvalue weighted by Crippen LogP contribution is -2.32. The van der Waals surface area contributed by atoms with E-state index in [0.29, 0.717) is 6.42 Å². The van der Waals surface area contributed by atoms with Gasteiger partial charge in [-0.05, 0) is 12.8 Å². The molecule has 4 nitrogen and oxygen atoms in total. The highest BCUT2D eigenvalue weighted by atomic mass is 16.3. The molecule has 0 fully saturated rings. The van der Waals surface area contributed by atoms with Crippen LogP contribution in [0.4, 0.5) is 0 Å². The first kappa shape index (κ1) is 27.8. The third-order valence-electron chi connectivity index (χ3n) is 5.18. The molecule has 0 aliphatic rings. The Kier molecular flexibility index (Phi) is 24.1. The molecule has 3 N–H and O–H groups in total. The summed E-state index contributed by atoms with van der Waals surface area (Å²) >= 11 is 0. The van der Waals surface area contributed by atoms with Gasteiger partial charge in [0.15, 0.2) is 0 Å². The highest BCUT2D eigenvalue weighted by Crippen LogP contribution is 2.18. The Morgan fingerprint density at radius 1 is 0.615 bits per heavy atom. The van der Waals surface area contributed by atoms with Gasteiger partial charge in [0.1, 0.15) is 6.29 Å². The highest BCUT2D eigenvalue weighted by Gasteiger charge is 2.24. The number of unbranched alkanes of at least 4 members (excludes halogenated alkanes) is 13. The van der Waals surface area contributed by atoms with Crippen LogP contribution >= 0.6 is 0 Å². The van der Waals surface area contributed by atoms with Gasteiger partial charge < -0.3 is 20.1 Å². The molecule has 0 saturated heterocycles. The zero-order valence-corrected chi connectivity index (χ0v) is 17.6. The molecule has 26 heavy (non-hydrogen) atoms. The molecule has 0 saturated carbocycles. The van der Waals surface area contributed by atoms with Gasteiger partial charge in [-0.15, -0.1) is 0 Å². The molecule has 0 atom stereocenters. The number of carbonyl (C=O) groups excluding carboxylic acids is 1. The third kappa shape index (κ3) is 18.3. The van der Waals surface area contributed by atoms with E-state index in [0.717, 1.165) is 19.1 Å². The molecule has 4 heteroatoms. The molecule has 0 bridgehead atoms. The van der Waals surface area contributed by atoms with Crippen LogP contribution < -0.4 is 0 Å². The van der Waals surface area contributed by atoms with E-state index in [1.54, 1.807) is 0 Å². The summed E-state index contributed by atoms with van der Waals surface area (Å²) in [4.78, 5) is 10.1. The van der Waals surface area contributed by atoms with E-state index in [9.17, 15) is 4.79 Å². The third-order valence-corrected chi connectivity index (χ3v) is 5.18. The predicted octanol–water partition coefficient (Wildman–Crippen LogP) is 5.03.